The molecule has 0 bridgehead atoms. The molecule has 2 atom stereocenters. The van der Waals surface area contributed by atoms with E-state index in [1.165, 1.54) is 5.56 Å². The zero-order valence-corrected chi connectivity index (χ0v) is 14.8. The van der Waals surface area contributed by atoms with E-state index in [1.54, 1.807) is 6.92 Å². The molecule has 3 nitrogen and oxygen atoms in total. The van der Waals surface area contributed by atoms with Crippen molar-refractivity contribution in [2.45, 2.75) is 52.2 Å². The Labute approximate surface area is 145 Å². The first kappa shape index (κ1) is 18.1. The molecular formula is C21H27NO2. The van der Waals surface area contributed by atoms with Gasteiger partial charge in [-0.1, -0.05) is 55.5 Å². The summed E-state index contributed by atoms with van der Waals surface area (Å²) in [7, 11) is 0. The maximum Gasteiger partial charge on any atom is 0.260 e. The second-order valence-corrected chi connectivity index (χ2v) is 6.16. The number of carbonyl (C=O) groups excluding carboxylic acids is 1. The van der Waals surface area contributed by atoms with Gasteiger partial charge in [0.25, 0.3) is 5.91 Å². The minimum atomic E-state index is -0.503. The Hall–Kier alpha value is -2.29. The number of nitrogens with one attached hydrogen (secondary N) is 1. The van der Waals surface area contributed by atoms with Gasteiger partial charge >= 0.3 is 0 Å². The number of hydrogen-bond acceptors (Lipinski definition) is 2. The lowest BCUT2D eigenvalue weighted by molar-refractivity contribution is -0.127. The van der Waals surface area contributed by atoms with Crippen molar-refractivity contribution in [1.82, 2.24) is 5.32 Å². The Balaban J connectivity index is 1.82. The minimum absolute atomic E-state index is 0.0681. The summed E-state index contributed by atoms with van der Waals surface area (Å²) in [6, 6.07) is 18.3. The zero-order valence-electron chi connectivity index (χ0n) is 14.8. The highest BCUT2D eigenvalue weighted by molar-refractivity contribution is 5.81. The molecule has 2 aromatic rings. The average molecular weight is 325 g/mol. The summed E-state index contributed by atoms with van der Waals surface area (Å²) in [6.07, 6.45) is 2.25. The monoisotopic (exact) mass is 325 g/mol. The molecule has 0 saturated carbocycles. The van der Waals surface area contributed by atoms with Crippen molar-refractivity contribution in [3.8, 4) is 5.75 Å². The maximum atomic E-state index is 12.3. The van der Waals surface area contributed by atoms with Gasteiger partial charge in [0.15, 0.2) is 6.10 Å². The Morgan fingerprint density at radius 3 is 2.42 bits per heavy atom. The Morgan fingerprint density at radius 2 is 1.71 bits per heavy atom. The van der Waals surface area contributed by atoms with Crippen LogP contribution in [-0.4, -0.2) is 18.1 Å². The van der Waals surface area contributed by atoms with Crippen LogP contribution in [0, 0.1) is 0 Å². The van der Waals surface area contributed by atoms with Crippen molar-refractivity contribution in [2.75, 3.05) is 0 Å². The first-order valence-corrected chi connectivity index (χ1v) is 8.69. The molecule has 128 valence electrons. The quantitative estimate of drug-likeness (QED) is 0.791. The van der Waals surface area contributed by atoms with E-state index in [9.17, 15) is 4.79 Å². The lowest BCUT2D eigenvalue weighted by Gasteiger charge is -2.20. The van der Waals surface area contributed by atoms with Gasteiger partial charge in [-0.3, -0.25) is 4.79 Å². The van der Waals surface area contributed by atoms with Crippen LogP contribution >= 0.6 is 0 Å². The average Bonchev–Trinajstić information content (AvgIpc) is 2.61. The summed E-state index contributed by atoms with van der Waals surface area (Å²) in [5, 5.41) is 3.04. The predicted molar refractivity (Wildman–Crippen MR) is 98.3 cm³/mol. The fourth-order valence-electron chi connectivity index (χ4n) is 2.62. The van der Waals surface area contributed by atoms with Crippen LogP contribution in [0.15, 0.2) is 54.6 Å². The van der Waals surface area contributed by atoms with Gasteiger partial charge in [-0.05, 0) is 50.3 Å². The number of carbonyl (C=O) groups is 1. The molecule has 0 radical (unpaired) electrons. The summed E-state index contributed by atoms with van der Waals surface area (Å²) in [5.74, 6) is 0.723. The minimum Gasteiger partial charge on any atom is -0.481 e. The smallest absolute Gasteiger partial charge is 0.260 e. The molecule has 0 fully saturated rings. The molecule has 1 amide bonds. The van der Waals surface area contributed by atoms with Crippen molar-refractivity contribution in [3.05, 3.63) is 65.7 Å². The van der Waals surface area contributed by atoms with Crippen molar-refractivity contribution in [1.29, 1.82) is 0 Å². The van der Waals surface area contributed by atoms with Crippen LogP contribution in [0.25, 0.3) is 0 Å². The highest BCUT2D eigenvalue weighted by Gasteiger charge is 2.17. The van der Waals surface area contributed by atoms with Crippen LogP contribution in [0.4, 0.5) is 0 Å². The molecule has 0 saturated heterocycles. The first-order chi connectivity index (χ1) is 11.6. The van der Waals surface area contributed by atoms with E-state index in [4.69, 9.17) is 4.74 Å². The van der Waals surface area contributed by atoms with E-state index < -0.39 is 6.10 Å². The number of ether oxygens (including phenoxy) is 1. The fourth-order valence-corrected chi connectivity index (χ4v) is 2.62. The van der Waals surface area contributed by atoms with E-state index in [1.807, 2.05) is 49.4 Å². The van der Waals surface area contributed by atoms with E-state index in [0.717, 1.165) is 30.6 Å². The number of benzene rings is 2. The Bertz CT molecular complexity index is 639. The van der Waals surface area contributed by atoms with Crippen LogP contribution in [0.1, 0.15) is 38.3 Å². The Kier molecular flexibility index (Phi) is 6.86. The third kappa shape index (κ3) is 5.41. The van der Waals surface area contributed by atoms with Crippen molar-refractivity contribution in [2.24, 2.45) is 0 Å². The van der Waals surface area contributed by atoms with E-state index >= 15 is 0 Å². The molecule has 24 heavy (non-hydrogen) atoms. The summed E-state index contributed by atoms with van der Waals surface area (Å²) >= 11 is 0. The number of amides is 1. The van der Waals surface area contributed by atoms with Crippen molar-refractivity contribution < 1.29 is 9.53 Å². The number of rotatable bonds is 8. The molecule has 3 heteroatoms. The van der Waals surface area contributed by atoms with Gasteiger partial charge in [-0.15, -0.1) is 0 Å². The van der Waals surface area contributed by atoms with Crippen LogP contribution in [-0.2, 0) is 17.6 Å². The lowest BCUT2D eigenvalue weighted by atomic mass is 10.1. The molecule has 0 heterocycles. The summed E-state index contributed by atoms with van der Waals surface area (Å²) in [5.41, 5.74) is 2.41. The Morgan fingerprint density at radius 1 is 1.04 bits per heavy atom. The van der Waals surface area contributed by atoms with Gasteiger partial charge in [-0.2, -0.15) is 0 Å². The van der Waals surface area contributed by atoms with Crippen LogP contribution in [0.2, 0.25) is 0 Å². The molecular weight excluding hydrogens is 298 g/mol. The molecule has 0 aliphatic heterocycles. The van der Waals surface area contributed by atoms with Crippen LogP contribution < -0.4 is 10.1 Å². The topological polar surface area (TPSA) is 38.3 Å². The van der Waals surface area contributed by atoms with Gasteiger partial charge in [0.1, 0.15) is 5.75 Å². The van der Waals surface area contributed by atoms with Gasteiger partial charge in [0.2, 0.25) is 0 Å². The van der Waals surface area contributed by atoms with Crippen LogP contribution in [0.3, 0.4) is 0 Å². The molecule has 2 aromatic carbocycles. The molecule has 0 aliphatic carbocycles. The fraction of sp³-hybridized carbons (Fsp3) is 0.381. The standard InChI is InChI=1S/C21H27NO2/c1-4-19-12-8-9-13-20(19)24-17(3)21(23)22-16(2)14-15-18-10-6-5-7-11-18/h5-13,16-17H,4,14-15H2,1-3H3,(H,22,23). The van der Waals surface area contributed by atoms with Gasteiger partial charge in [0, 0.05) is 6.04 Å². The summed E-state index contributed by atoms with van der Waals surface area (Å²) < 4.78 is 5.85. The van der Waals surface area contributed by atoms with Crippen molar-refractivity contribution in [3.63, 3.8) is 0 Å². The molecule has 0 spiro atoms. The second kappa shape index (κ2) is 9.11. The van der Waals surface area contributed by atoms with Crippen LogP contribution in [0.5, 0.6) is 5.75 Å². The third-order valence-corrected chi connectivity index (χ3v) is 4.12. The summed E-state index contributed by atoms with van der Waals surface area (Å²) in [4.78, 5) is 12.3. The number of para-hydroxylation sites is 1. The zero-order chi connectivity index (χ0) is 17.4. The highest BCUT2D eigenvalue weighted by atomic mass is 16.5. The maximum absolute atomic E-state index is 12.3. The predicted octanol–water partition coefficient (Wildman–Crippen LogP) is 4.15. The molecule has 2 unspecified atom stereocenters. The first-order valence-electron chi connectivity index (χ1n) is 8.69. The van der Waals surface area contributed by atoms with E-state index in [0.29, 0.717) is 0 Å². The normalized spacial score (nSPS) is 13.1. The summed E-state index contributed by atoms with van der Waals surface area (Å²) in [6.45, 7) is 5.91. The highest BCUT2D eigenvalue weighted by Crippen LogP contribution is 2.19. The molecule has 2 rings (SSSR count). The second-order valence-electron chi connectivity index (χ2n) is 6.16. The molecule has 1 N–H and O–H groups in total. The molecule has 0 aliphatic rings. The van der Waals surface area contributed by atoms with Gasteiger partial charge in [-0.25, -0.2) is 0 Å². The third-order valence-electron chi connectivity index (χ3n) is 4.12. The number of aryl methyl sites for hydroxylation is 2. The number of hydrogen-bond donors (Lipinski definition) is 1. The van der Waals surface area contributed by atoms with E-state index in [2.05, 4.69) is 24.4 Å². The van der Waals surface area contributed by atoms with E-state index in [-0.39, 0.29) is 11.9 Å². The van der Waals surface area contributed by atoms with Gasteiger partial charge < -0.3 is 10.1 Å². The largest absolute Gasteiger partial charge is 0.481 e. The van der Waals surface area contributed by atoms with Gasteiger partial charge in [0.05, 0.1) is 0 Å². The SMILES string of the molecule is CCc1ccccc1OC(C)C(=O)NC(C)CCc1ccccc1. The molecule has 0 aromatic heterocycles. The lowest BCUT2D eigenvalue weighted by Crippen LogP contribution is -2.41. The van der Waals surface area contributed by atoms with Crippen molar-refractivity contribution >= 4 is 5.91 Å².